The maximum atomic E-state index is 16.2. The van der Waals surface area contributed by atoms with Crippen molar-refractivity contribution in [1.82, 2.24) is 53.3 Å². The minimum absolute atomic E-state index is 0.0203. The van der Waals surface area contributed by atoms with E-state index in [1.54, 1.807) is 60.7 Å². The van der Waals surface area contributed by atoms with Gasteiger partial charge in [0.1, 0.15) is 22.9 Å². The van der Waals surface area contributed by atoms with Crippen molar-refractivity contribution in [2.45, 2.75) is 102 Å². The first kappa shape index (κ1) is 40.6. The number of aryl methyl sites for hydroxylation is 3. The zero-order valence-electron chi connectivity index (χ0n) is 37.3. The molecule has 5 atom stereocenters. The van der Waals surface area contributed by atoms with Crippen molar-refractivity contribution >= 4 is 27.8 Å². The van der Waals surface area contributed by atoms with Gasteiger partial charge in [-0.15, -0.1) is 0 Å². The van der Waals surface area contributed by atoms with Gasteiger partial charge in [-0.2, -0.15) is 10.2 Å². The van der Waals surface area contributed by atoms with Crippen LogP contribution in [-0.4, -0.2) is 77.4 Å². The van der Waals surface area contributed by atoms with Crippen molar-refractivity contribution in [3.05, 3.63) is 133 Å². The number of imidazole rings is 1. The fourth-order valence-corrected chi connectivity index (χ4v) is 11.5. The van der Waals surface area contributed by atoms with Crippen molar-refractivity contribution in [1.29, 1.82) is 0 Å². The van der Waals surface area contributed by atoms with E-state index in [1.165, 1.54) is 21.5 Å². The summed E-state index contributed by atoms with van der Waals surface area (Å²) in [6.45, 7) is 10.2. The molecule has 66 heavy (non-hydrogen) atoms. The predicted octanol–water partition coefficient (Wildman–Crippen LogP) is 6.98. The summed E-state index contributed by atoms with van der Waals surface area (Å²) in [5, 5.41) is 13.8. The van der Waals surface area contributed by atoms with E-state index in [0.29, 0.717) is 88.7 Å². The second kappa shape index (κ2) is 14.0. The van der Waals surface area contributed by atoms with Crippen molar-refractivity contribution < 1.29 is 22.8 Å². The first-order valence-electron chi connectivity index (χ1n) is 22.5. The van der Waals surface area contributed by atoms with Crippen LogP contribution in [0.25, 0.3) is 39.1 Å². The quantitative estimate of drug-likeness (QED) is 0.178. The molecule has 16 nitrogen and oxygen atoms in total. The SMILES string of the molecule is Cc1cc(-n2nc3c(c2-n2ccn(-c4ccc5c(cnn5C)c4F)c2=O)[C@@H]2CC[C@H](C3)N2C(=O)c2cc3nc([C@H]4CCOC(C)(C)C4)ccc3n2[C@@]2(c3noc(=O)[nH]3)C[C@@H]2C)cc(C)c1F. The number of H-pyrrole nitrogens is 1. The van der Waals surface area contributed by atoms with Gasteiger partial charge >= 0.3 is 11.4 Å². The molecule has 2 aromatic carbocycles. The van der Waals surface area contributed by atoms with Crippen LogP contribution in [0.1, 0.15) is 109 Å². The largest absolute Gasteiger partial charge is 0.438 e. The lowest BCUT2D eigenvalue weighted by atomic mass is 9.86. The molecular weight excluding hydrogens is 849 g/mol. The molecule has 3 fully saturated rings. The molecule has 2 saturated heterocycles. The third-order valence-corrected chi connectivity index (χ3v) is 14.8. The Morgan fingerprint density at radius 2 is 1.70 bits per heavy atom. The average Bonchev–Trinajstić information content (AvgIpc) is 3.99. The number of carbonyl (C=O) groups is 1. The summed E-state index contributed by atoms with van der Waals surface area (Å²) in [6, 6.07) is 11.8. The Hall–Kier alpha value is -6.95. The van der Waals surface area contributed by atoms with E-state index >= 15 is 13.6 Å². The average molecular weight is 896 g/mol. The van der Waals surface area contributed by atoms with E-state index in [9.17, 15) is 9.59 Å². The molecule has 8 aromatic rings. The Labute approximate surface area is 375 Å². The van der Waals surface area contributed by atoms with Crippen LogP contribution in [-0.2, 0) is 23.7 Å². The Kier molecular flexibility index (Phi) is 8.62. The van der Waals surface area contributed by atoms with Gasteiger partial charge in [-0.3, -0.25) is 33.1 Å². The molecule has 9 heterocycles. The molecule has 338 valence electrons. The van der Waals surface area contributed by atoms with Gasteiger partial charge in [0.25, 0.3) is 5.91 Å². The fraction of sp³-hybridized carbons (Fsp3) is 0.396. The minimum atomic E-state index is -0.887. The highest BCUT2D eigenvalue weighted by atomic mass is 19.1. The molecule has 1 aliphatic carbocycles. The normalized spacial score (nSPS) is 23.3. The van der Waals surface area contributed by atoms with Crippen LogP contribution >= 0.6 is 0 Å². The molecule has 2 bridgehead atoms. The predicted molar refractivity (Wildman–Crippen MR) is 238 cm³/mol. The number of nitrogens with zero attached hydrogens (tertiary/aromatic N) is 10. The summed E-state index contributed by atoms with van der Waals surface area (Å²) in [5.41, 5.74) is 4.30. The van der Waals surface area contributed by atoms with Crippen LogP contribution in [0.15, 0.2) is 75.2 Å². The van der Waals surface area contributed by atoms with E-state index in [-0.39, 0.29) is 46.3 Å². The first-order valence-corrected chi connectivity index (χ1v) is 22.5. The van der Waals surface area contributed by atoms with Gasteiger partial charge in [0.2, 0.25) is 0 Å². The third-order valence-electron chi connectivity index (χ3n) is 14.8. The number of benzene rings is 2. The van der Waals surface area contributed by atoms with E-state index in [1.807, 2.05) is 27.7 Å². The number of ether oxygens (including phenoxy) is 1. The number of hydrogen-bond donors (Lipinski definition) is 1. The number of carbonyl (C=O) groups excluding carboxylic acids is 1. The lowest BCUT2D eigenvalue weighted by Crippen LogP contribution is -2.43. The van der Waals surface area contributed by atoms with Crippen molar-refractivity contribution in [2.24, 2.45) is 13.0 Å². The number of fused-ring (bicyclic) bond motifs is 6. The van der Waals surface area contributed by atoms with Gasteiger partial charge in [0, 0.05) is 55.7 Å². The molecule has 1 saturated carbocycles. The molecule has 18 heteroatoms. The fourth-order valence-electron chi connectivity index (χ4n) is 11.5. The Morgan fingerprint density at radius 3 is 2.42 bits per heavy atom. The molecule has 0 unspecified atom stereocenters. The minimum Gasteiger partial charge on any atom is -0.376 e. The van der Waals surface area contributed by atoms with E-state index in [4.69, 9.17) is 19.3 Å². The molecule has 0 radical (unpaired) electrons. The highest BCUT2D eigenvalue weighted by Gasteiger charge is 2.60. The summed E-state index contributed by atoms with van der Waals surface area (Å²) in [7, 11) is 1.72. The number of halogens is 2. The molecule has 3 aliphatic heterocycles. The smallest absolute Gasteiger partial charge is 0.376 e. The summed E-state index contributed by atoms with van der Waals surface area (Å²) < 4.78 is 50.4. The van der Waals surface area contributed by atoms with E-state index in [2.05, 4.69) is 36.0 Å². The lowest BCUT2D eigenvalue weighted by Gasteiger charge is -2.35. The number of aromatic nitrogens is 10. The van der Waals surface area contributed by atoms with Crippen LogP contribution in [0.4, 0.5) is 8.78 Å². The Bertz CT molecular complexity index is 3450. The Morgan fingerprint density at radius 1 is 0.939 bits per heavy atom. The maximum absolute atomic E-state index is 16.2. The maximum Gasteiger partial charge on any atom is 0.438 e. The monoisotopic (exact) mass is 895 g/mol. The number of nitrogens with one attached hydrogen (secondary N) is 1. The molecule has 12 rings (SSSR count). The standard InChI is InChI=1S/C48H47F2N11O5/c1-24-17-29(18-25(2)40(24)49)61-42(58-15-14-57(46(58)64)37-12-11-34-30(41(37)50)23-51-56(34)6)39-33(54-61)19-28-7-9-36(39)59(28)43(62)38-20-32-35(10-8-31(52-32)27-13-16-65-47(4,5)22-27)60(38)48(21-26(48)3)44-53-45(63)66-55-44/h8,10-12,14-15,17-18,20,23,26-28,36H,7,9,13,16,19,21-22H2,1-6H3,(H,53,55,63)/t26-,27-,28+,36-,48-/m0/s1. The van der Waals surface area contributed by atoms with E-state index in [0.717, 1.165) is 24.1 Å². The number of rotatable bonds is 7. The van der Waals surface area contributed by atoms with Crippen LogP contribution in [0.5, 0.6) is 0 Å². The van der Waals surface area contributed by atoms with Crippen LogP contribution in [0.3, 0.4) is 0 Å². The lowest BCUT2D eigenvalue weighted by molar-refractivity contribution is -0.0597. The second-order valence-corrected chi connectivity index (χ2v) is 19.3. The molecular formula is C48H47F2N11O5. The van der Waals surface area contributed by atoms with Gasteiger partial charge in [-0.25, -0.2) is 23.1 Å². The molecule has 1 N–H and O–H groups in total. The second-order valence-electron chi connectivity index (χ2n) is 19.3. The van der Waals surface area contributed by atoms with Gasteiger partial charge in [-0.05, 0) is 119 Å². The van der Waals surface area contributed by atoms with Crippen LogP contribution in [0, 0.1) is 31.4 Å². The van der Waals surface area contributed by atoms with Gasteiger partial charge in [0.05, 0.1) is 56.8 Å². The first-order chi connectivity index (χ1) is 31.6. The van der Waals surface area contributed by atoms with Gasteiger partial charge in [0.15, 0.2) is 11.6 Å². The number of hydrogen-bond acceptors (Lipinski definition) is 9. The van der Waals surface area contributed by atoms with Crippen LogP contribution < -0.4 is 11.4 Å². The Balaban J connectivity index is 1.02. The third kappa shape index (κ3) is 5.78. The van der Waals surface area contributed by atoms with Gasteiger partial charge < -0.3 is 14.2 Å². The zero-order valence-corrected chi connectivity index (χ0v) is 37.3. The highest BCUT2D eigenvalue weighted by molar-refractivity contribution is 5.99. The van der Waals surface area contributed by atoms with Gasteiger partial charge in [-0.1, -0.05) is 12.1 Å². The summed E-state index contributed by atoms with van der Waals surface area (Å²) in [5.74, 6) is -1.01. The molecule has 0 spiro atoms. The summed E-state index contributed by atoms with van der Waals surface area (Å²) >= 11 is 0. The topological polar surface area (TPSA) is 169 Å². The summed E-state index contributed by atoms with van der Waals surface area (Å²) in [6.07, 6.45) is 8.38. The number of pyridine rings is 1. The van der Waals surface area contributed by atoms with Crippen molar-refractivity contribution in [3.63, 3.8) is 0 Å². The number of amides is 1. The van der Waals surface area contributed by atoms with E-state index < -0.39 is 28.8 Å². The van der Waals surface area contributed by atoms with Crippen molar-refractivity contribution in [3.8, 4) is 17.2 Å². The number of aromatic amines is 1. The summed E-state index contributed by atoms with van der Waals surface area (Å²) in [4.78, 5) is 52.9. The zero-order chi connectivity index (χ0) is 45.7. The highest BCUT2D eigenvalue weighted by Crippen LogP contribution is 2.56. The van der Waals surface area contributed by atoms with Crippen LogP contribution in [0.2, 0.25) is 0 Å². The molecule has 1 amide bonds. The molecule has 6 aromatic heterocycles. The van der Waals surface area contributed by atoms with Crippen molar-refractivity contribution in [2.75, 3.05) is 6.61 Å². The molecule has 4 aliphatic rings.